The van der Waals surface area contributed by atoms with E-state index in [9.17, 15) is 23.8 Å². The number of nitrogens with two attached hydrogens (primary N) is 1. The summed E-state index contributed by atoms with van der Waals surface area (Å²) in [6, 6.07) is -1.53. The monoisotopic (exact) mass is 838 g/mol. The van der Waals surface area contributed by atoms with Gasteiger partial charge in [-0.05, 0) is 77.0 Å². The molecule has 334 valence electrons. The predicted molar refractivity (Wildman–Crippen MR) is 235 cm³/mol. The van der Waals surface area contributed by atoms with E-state index in [-0.39, 0.29) is 19.4 Å². The Morgan fingerprint density at radius 1 is 0.534 bits per heavy atom. The zero-order valence-electron chi connectivity index (χ0n) is 36.1. The van der Waals surface area contributed by atoms with Gasteiger partial charge in [0.25, 0.3) is 0 Å². The van der Waals surface area contributed by atoms with Crippen LogP contribution in [0.3, 0.4) is 0 Å². The molecule has 0 aliphatic heterocycles. The molecule has 3 atom stereocenters. The Kier molecular flexibility index (Phi) is 38.9. The fourth-order valence-corrected chi connectivity index (χ4v) is 6.48. The molecule has 0 heterocycles. The number of carboxylic acid groups (broad SMARTS) is 1. The van der Waals surface area contributed by atoms with Crippen molar-refractivity contribution in [3.8, 4) is 0 Å². The van der Waals surface area contributed by atoms with E-state index >= 15 is 0 Å². The minimum Gasteiger partial charge on any atom is -0.480 e. The maximum Gasteiger partial charge on any atom is 0.472 e. The number of hydrogen-bond acceptors (Lipinski definition) is 9. The Morgan fingerprint density at radius 3 is 1.45 bits per heavy atom. The van der Waals surface area contributed by atoms with Crippen LogP contribution in [0.4, 0.5) is 0 Å². The van der Waals surface area contributed by atoms with Crippen molar-refractivity contribution in [2.75, 3.05) is 19.8 Å². The second kappa shape index (κ2) is 40.9. The summed E-state index contributed by atoms with van der Waals surface area (Å²) in [5, 5.41) is 8.89. The van der Waals surface area contributed by atoms with Crippen LogP contribution in [0.25, 0.3) is 0 Å². The average Bonchev–Trinajstić information content (AvgIpc) is 3.20. The number of hydrogen-bond donors (Lipinski definition) is 3. The summed E-state index contributed by atoms with van der Waals surface area (Å²) in [6.45, 7) is 2.71. The van der Waals surface area contributed by atoms with Crippen molar-refractivity contribution in [3.05, 3.63) is 60.8 Å². The van der Waals surface area contributed by atoms with Crippen LogP contribution < -0.4 is 5.73 Å². The van der Waals surface area contributed by atoms with Crippen LogP contribution in [0.5, 0.6) is 0 Å². The number of carbonyl (C=O) groups excluding carboxylic acids is 2. The molecule has 0 rings (SSSR count). The van der Waals surface area contributed by atoms with Crippen molar-refractivity contribution in [2.45, 2.75) is 193 Å². The molecule has 0 amide bonds. The lowest BCUT2D eigenvalue weighted by molar-refractivity contribution is -0.161. The summed E-state index contributed by atoms with van der Waals surface area (Å²) in [7, 11) is -4.73. The number of carbonyl (C=O) groups is 3. The van der Waals surface area contributed by atoms with E-state index < -0.39 is 51.1 Å². The van der Waals surface area contributed by atoms with E-state index in [1.54, 1.807) is 0 Å². The minimum absolute atomic E-state index is 0.0818. The lowest BCUT2D eigenvalue weighted by Crippen LogP contribution is -2.34. The number of allylic oxidation sites excluding steroid dienone is 10. The van der Waals surface area contributed by atoms with Crippen molar-refractivity contribution >= 4 is 25.7 Å². The highest BCUT2D eigenvalue weighted by Gasteiger charge is 2.28. The smallest absolute Gasteiger partial charge is 0.472 e. The molecule has 12 heteroatoms. The molecule has 0 aromatic rings. The summed E-state index contributed by atoms with van der Waals surface area (Å²) >= 11 is 0. The van der Waals surface area contributed by atoms with Crippen molar-refractivity contribution in [3.63, 3.8) is 0 Å². The number of ether oxygens (including phenoxy) is 2. The number of phosphoric ester groups is 1. The van der Waals surface area contributed by atoms with Gasteiger partial charge in [0.05, 0.1) is 13.2 Å². The second-order valence-electron chi connectivity index (χ2n) is 14.8. The van der Waals surface area contributed by atoms with Gasteiger partial charge in [0.1, 0.15) is 12.6 Å². The van der Waals surface area contributed by atoms with Crippen LogP contribution in [0.15, 0.2) is 60.8 Å². The summed E-state index contributed by atoms with van der Waals surface area (Å²) in [5.41, 5.74) is 5.33. The van der Waals surface area contributed by atoms with Gasteiger partial charge >= 0.3 is 25.7 Å². The average molecular weight is 838 g/mol. The van der Waals surface area contributed by atoms with Gasteiger partial charge in [-0.3, -0.25) is 23.4 Å². The first kappa shape index (κ1) is 55.2. The van der Waals surface area contributed by atoms with Gasteiger partial charge < -0.3 is 25.2 Å². The van der Waals surface area contributed by atoms with Crippen LogP contribution in [-0.2, 0) is 37.5 Å². The van der Waals surface area contributed by atoms with Gasteiger partial charge in [-0.1, -0.05) is 152 Å². The zero-order valence-corrected chi connectivity index (χ0v) is 37.0. The van der Waals surface area contributed by atoms with Gasteiger partial charge in [0.15, 0.2) is 6.10 Å². The van der Waals surface area contributed by atoms with Crippen molar-refractivity contribution in [1.29, 1.82) is 0 Å². The summed E-state index contributed by atoms with van der Waals surface area (Å²) in [6.07, 6.45) is 47.3. The zero-order chi connectivity index (χ0) is 42.8. The fraction of sp³-hybridized carbons (Fsp3) is 0.717. The Balaban J connectivity index is 4.46. The first-order chi connectivity index (χ1) is 28.1. The van der Waals surface area contributed by atoms with E-state index in [1.165, 1.54) is 77.0 Å². The molecule has 0 saturated heterocycles. The Labute approximate surface area is 351 Å². The summed E-state index contributed by atoms with van der Waals surface area (Å²) in [4.78, 5) is 45.9. The third-order valence-electron chi connectivity index (χ3n) is 9.24. The Bertz CT molecular complexity index is 1210. The first-order valence-corrected chi connectivity index (χ1v) is 23.8. The van der Waals surface area contributed by atoms with Crippen molar-refractivity contribution in [1.82, 2.24) is 0 Å². The molecule has 0 saturated carbocycles. The number of rotatable bonds is 41. The molecule has 0 aliphatic rings. The highest BCUT2D eigenvalue weighted by molar-refractivity contribution is 7.47. The first-order valence-electron chi connectivity index (χ1n) is 22.3. The van der Waals surface area contributed by atoms with Crippen LogP contribution in [0.1, 0.15) is 181 Å². The third kappa shape index (κ3) is 40.0. The summed E-state index contributed by atoms with van der Waals surface area (Å²) in [5.74, 6) is -2.47. The molecule has 0 aromatic heterocycles. The van der Waals surface area contributed by atoms with Gasteiger partial charge in [-0.25, -0.2) is 4.57 Å². The highest BCUT2D eigenvalue weighted by Crippen LogP contribution is 2.43. The third-order valence-corrected chi connectivity index (χ3v) is 10.2. The molecular weight excluding hydrogens is 757 g/mol. The van der Waals surface area contributed by atoms with Crippen LogP contribution in [0.2, 0.25) is 0 Å². The molecule has 0 radical (unpaired) electrons. The molecule has 0 aliphatic carbocycles. The number of carboxylic acids is 1. The number of unbranched alkanes of at least 4 members (excludes halogenated alkanes) is 17. The quantitative estimate of drug-likeness (QED) is 0.0231. The van der Waals surface area contributed by atoms with Gasteiger partial charge in [-0.2, -0.15) is 0 Å². The Hall–Kier alpha value is -2.82. The van der Waals surface area contributed by atoms with Gasteiger partial charge in [-0.15, -0.1) is 0 Å². The maximum absolute atomic E-state index is 12.6. The van der Waals surface area contributed by atoms with Crippen molar-refractivity contribution in [2.24, 2.45) is 5.73 Å². The largest absolute Gasteiger partial charge is 0.480 e. The van der Waals surface area contributed by atoms with Crippen LogP contribution in [0, 0.1) is 0 Å². The predicted octanol–water partition coefficient (Wildman–Crippen LogP) is 12.0. The lowest BCUT2D eigenvalue weighted by atomic mass is 10.1. The number of phosphoric acid groups is 1. The van der Waals surface area contributed by atoms with E-state index in [0.29, 0.717) is 19.3 Å². The molecule has 1 unspecified atom stereocenters. The molecule has 0 spiro atoms. The molecule has 4 N–H and O–H groups in total. The molecule has 0 bridgehead atoms. The van der Waals surface area contributed by atoms with E-state index in [0.717, 1.165) is 57.8 Å². The van der Waals surface area contributed by atoms with Crippen molar-refractivity contribution < 1.29 is 47.5 Å². The molecule has 11 nitrogen and oxygen atoms in total. The topological polar surface area (TPSA) is 172 Å². The van der Waals surface area contributed by atoms with E-state index in [4.69, 9.17) is 24.8 Å². The minimum atomic E-state index is -4.73. The number of aliphatic carboxylic acids is 1. The second-order valence-corrected chi connectivity index (χ2v) is 16.3. The standard InChI is InChI=1S/C46H80NO10P/c1-3-5-7-9-11-13-15-17-18-19-20-21-22-23-24-26-28-30-32-34-36-38-45(49)57-42(40-55-58(52,53)56-41-43(47)46(50)51)39-54-44(48)37-35-33-31-29-27-25-16-14-12-10-8-6-4-2/h14,16,18-19,21-22,24,26,30,32,42-43H,3-13,15,17,20,23,25,27-29,31,33-41,47H2,1-2H3,(H,50,51)(H,52,53)/b16-14+,19-18+,22-21+,26-24+,32-30+/t42-,43-/m0/s1. The van der Waals surface area contributed by atoms with E-state index in [1.807, 2.05) is 12.2 Å². The normalized spacial score (nSPS) is 14.3. The molecule has 0 aromatic carbocycles. The van der Waals surface area contributed by atoms with Crippen LogP contribution in [-0.4, -0.2) is 59.9 Å². The Morgan fingerprint density at radius 2 is 0.931 bits per heavy atom. The highest BCUT2D eigenvalue weighted by atomic mass is 31.2. The number of esters is 2. The molecule has 0 fully saturated rings. The van der Waals surface area contributed by atoms with E-state index in [2.05, 4.69) is 67.0 Å². The molecule has 58 heavy (non-hydrogen) atoms. The van der Waals surface area contributed by atoms with Gasteiger partial charge in [0.2, 0.25) is 0 Å². The summed E-state index contributed by atoms with van der Waals surface area (Å²) < 4.78 is 32.6. The van der Waals surface area contributed by atoms with Gasteiger partial charge in [0, 0.05) is 12.8 Å². The SMILES string of the molecule is CCCCCC/C=C/CCCCCCCC(=O)OC[C@@H](COP(=O)(O)OC[C@H](N)C(=O)O)OC(=O)CCC/C=C/C/C=C/C/C=C/C/C=C/CCCCCCCCC. The van der Waals surface area contributed by atoms with Crippen LogP contribution >= 0.6 is 7.82 Å². The lowest BCUT2D eigenvalue weighted by Gasteiger charge is -2.20. The maximum atomic E-state index is 12.6. The molecular formula is C46H80NO10P. The fourth-order valence-electron chi connectivity index (χ4n) is 5.70.